The molecule has 0 unspecified atom stereocenters. The van der Waals surface area contributed by atoms with Crippen molar-refractivity contribution >= 4 is 17.9 Å². The van der Waals surface area contributed by atoms with Gasteiger partial charge in [0.2, 0.25) is 5.91 Å². The fourth-order valence-electron chi connectivity index (χ4n) is 1.46. The molecule has 88 valence electrons. The minimum Gasteiger partial charge on any atom is -0.361 e. The van der Waals surface area contributed by atoms with Crippen LogP contribution in [0.1, 0.15) is 12.5 Å². The van der Waals surface area contributed by atoms with Gasteiger partial charge in [0.05, 0.1) is 0 Å². The van der Waals surface area contributed by atoms with Crippen molar-refractivity contribution in [2.75, 3.05) is 0 Å². The second-order valence-corrected chi connectivity index (χ2v) is 3.59. The normalized spacial score (nSPS) is 11.1. The van der Waals surface area contributed by atoms with E-state index in [-0.39, 0.29) is 5.91 Å². The Morgan fingerprint density at radius 3 is 2.59 bits per heavy atom. The highest BCUT2D eigenvalue weighted by Crippen LogP contribution is 2.03. The van der Waals surface area contributed by atoms with Gasteiger partial charge in [-0.1, -0.05) is 30.3 Å². The number of nitrogens with zero attached hydrogens (tertiary/aromatic N) is 2. The Kier molecular flexibility index (Phi) is 4.78. The lowest BCUT2D eigenvalue weighted by atomic mass is 10.0. The minimum atomic E-state index is -0.703. The summed E-state index contributed by atoms with van der Waals surface area (Å²) in [4.78, 5) is 25.2. The Labute approximate surface area is 99.1 Å². The molecule has 0 aromatic heterocycles. The van der Waals surface area contributed by atoms with Gasteiger partial charge in [-0.25, -0.2) is 0 Å². The fourth-order valence-corrected chi connectivity index (χ4v) is 1.46. The summed E-state index contributed by atoms with van der Waals surface area (Å²) in [6.45, 7) is 1.33. The number of benzene rings is 1. The van der Waals surface area contributed by atoms with Gasteiger partial charge in [-0.05, 0) is 5.56 Å². The predicted octanol–water partition coefficient (Wildman–Crippen LogP) is 0.603. The van der Waals surface area contributed by atoms with Crippen LogP contribution in [0.2, 0.25) is 0 Å². The van der Waals surface area contributed by atoms with E-state index >= 15 is 0 Å². The van der Waals surface area contributed by atoms with Gasteiger partial charge in [-0.3, -0.25) is 9.59 Å². The van der Waals surface area contributed by atoms with Crippen LogP contribution < -0.4 is 5.32 Å². The number of carbonyl (C=O) groups excluding carboxylic acids is 2. The van der Waals surface area contributed by atoms with Crippen LogP contribution in [0.3, 0.4) is 0 Å². The molecule has 0 aliphatic heterocycles. The van der Waals surface area contributed by atoms with Gasteiger partial charge < -0.3 is 10.8 Å². The molecule has 1 rings (SSSR count). The smallest absolute Gasteiger partial charge is 0.325 e. The van der Waals surface area contributed by atoms with E-state index in [1.807, 2.05) is 30.3 Å². The molecular weight excluding hydrogens is 218 g/mol. The standard InChI is InChI=1S/C12H13N3O2/c1-9(16)15-11(12(17)8-14-13)7-10-5-3-2-4-6-10/h2-6,8,11H,7H2,1H3,(H,15,16)/t11-/m1/s1. The number of hydrogen-bond donors (Lipinski definition) is 1. The second-order valence-electron chi connectivity index (χ2n) is 3.59. The Bertz CT molecular complexity index is 450. The van der Waals surface area contributed by atoms with E-state index in [2.05, 4.69) is 10.1 Å². The molecule has 1 N–H and O–H groups in total. The molecule has 0 fully saturated rings. The maximum atomic E-state index is 11.6. The van der Waals surface area contributed by atoms with E-state index in [0.29, 0.717) is 6.42 Å². The van der Waals surface area contributed by atoms with Gasteiger partial charge in [0.25, 0.3) is 5.78 Å². The summed E-state index contributed by atoms with van der Waals surface area (Å²) in [6, 6.07) is 8.59. The van der Waals surface area contributed by atoms with Crippen LogP contribution in [0.15, 0.2) is 30.3 Å². The molecule has 0 saturated carbocycles. The number of rotatable bonds is 5. The minimum absolute atomic E-state index is 0.300. The molecule has 17 heavy (non-hydrogen) atoms. The maximum absolute atomic E-state index is 11.6. The Morgan fingerprint density at radius 2 is 2.06 bits per heavy atom. The predicted molar refractivity (Wildman–Crippen MR) is 62.4 cm³/mol. The van der Waals surface area contributed by atoms with Crippen molar-refractivity contribution in [3.63, 3.8) is 0 Å². The lowest BCUT2D eigenvalue weighted by Crippen LogP contribution is -2.42. The third-order valence-electron chi connectivity index (χ3n) is 2.19. The molecule has 5 heteroatoms. The average molecular weight is 231 g/mol. The lowest BCUT2D eigenvalue weighted by Gasteiger charge is -2.12. The first-order chi connectivity index (χ1) is 8.13. The van der Waals surface area contributed by atoms with E-state index in [1.54, 1.807) is 0 Å². The molecule has 0 heterocycles. The second kappa shape index (κ2) is 6.35. The topological polar surface area (TPSA) is 82.6 Å². The quantitative estimate of drug-likeness (QED) is 0.457. The van der Waals surface area contributed by atoms with Crippen molar-refractivity contribution in [1.82, 2.24) is 5.32 Å². The first kappa shape index (κ1) is 12.8. The zero-order valence-electron chi connectivity index (χ0n) is 9.46. The summed E-state index contributed by atoms with van der Waals surface area (Å²) in [5.41, 5.74) is 9.24. The van der Waals surface area contributed by atoms with Gasteiger partial charge in [0, 0.05) is 13.3 Å². The maximum Gasteiger partial charge on any atom is 0.325 e. The SMILES string of the molecule is CC(=O)N[C@H](Cc1ccccc1)C(=O)C=[N+]=[N-]. The summed E-state index contributed by atoms with van der Waals surface area (Å²) in [7, 11) is 0. The summed E-state index contributed by atoms with van der Waals surface area (Å²) < 4.78 is 0. The largest absolute Gasteiger partial charge is 0.361 e. The Hall–Kier alpha value is -2.26. The van der Waals surface area contributed by atoms with Crippen LogP contribution in [0, 0.1) is 0 Å². The van der Waals surface area contributed by atoms with Gasteiger partial charge in [0.15, 0.2) is 0 Å². The Balaban J connectivity index is 2.80. The zero-order chi connectivity index (χ0) is 12.7. The molecule has 0 spiro atoms. The molecule has 1 atom stereocenters. The third kappa shape index (κ3) is 4.40. The molecular formula is C12H13N3O2. The molecule has 1 amide bonds. The lowest BCUT2D eigenvalue weighted by molar-refractivity contribution is -0.124. The highest BCUT2D eigenvalue weighted by atomic mass is 16.2. The van der Waals surface area contributed by atoms with Crippen molar-refractivity contribution in [1.29, 1.82) is 0 Å². The number of amides is 1. The fraction of sp³-hybridized carbons (Fsp3) is 0.250. The van der Waals surface area contributed by atoms with E-state index < -0.39 is 11.8 Å². The number of nitrogens with one attached hydrogen (secondary N) is 1. The molecule has 5 nitrogen and oxygen atoms in total. The average Bonchev–Trinajstić information content (AvgIpc) is 2.29. The van der Waals surface area contributed by atoms with E-state index in [9.17, 15) is 9.59 Å². The highest BCUT2D eigenvalue weighted by molar-refractivity contribution is 6.28. The van der Waals surface area contributed by atoms with Crippen LogP contribution in [0.25, 0.3) is 5.53 Å². The zero-order valence-corrected chi connectivity index (χ0v) is 9.46. The molecule has 0 radical (unpaired) electrons. The number of carbonyl (C=O) groups is 2. The molecule has 0 bridgehead atoms. The van der Waals surface area contributed by atoms with E-state index in [1.165, 1.54) is 6.92 Å². The van der Waals surface area contributed by atoms with Crippen LogP contribution in [0.5, 0.6) is 0 Å². The summed E-state index contributed by atoms with van der Waals surface area (Å²) in [6.07, 6.45) is 1.16. The molecule has 0 aliphatic rings. The molecule has 0 aliphatic carbocycles. The number of ketones is 1. The van der Waals surface area contributed by atoms with Gasteiger partial charge in [0.1, 0.15) is 6.04 Å². The van der Waals surface area contributed by atoms with Gasteiger partial charge in [-0.2, -0.15) is 4.79 Å². The van der Waals surface area contributed by atoms with Crippen LogP contribution in [-0.2, 0) is 16.0 Å². The van der Waals surface area contributed by atoms with Crippen LogP contribution in [-0.4, -0.2) is 28.7 Å². The molecule has 1 aromatic rings. The summed E-state index contributed by atoms with van der Waals surface area (Å²) in [5, 5.41) is 2.52. The van der Waals surface area contributed by atoms with E-state index in [0.717, 1.165) is 11.8 Å². The Morgan fingerprint density at radius 1 is 1.41 bits per heavy atom. The summed E-state index contributed by atoms with van der Waals surface area (Å²) >= 11 is 0. The van der Waals surface area contributed by atoms with Crippen LogP contribution in [0.4, 0.5) is 0 Å². The van der Waals surface area contributed by atoms with Crippen molar-refractivity contribution in [2.45, 2.75) is 19.4 Å². The molecule has 1 aromatic carbocycles. The molecule has 0 saturated heterocycles. The van der Waals surface area contributed by atoms with Crippen LogP contribution >= 0.6 is 0 Å². The first-order valence-electron chi connectivity index (χ1n) is 5.15. The van der Waals surface area contributed by atoms with Crippen molar-refractivity contribution in [3.8, 4) is 0 Å². The number of Topliss-reactive ketones (excluding diaryl/α,β-unsaturated/α-hetero) is 1. The third-order valence-corrected chi connectivity index (χ3v) is 2.19. The van der Waals surface area contributed by atoms with Crippen molar-refractivity contribution in [3.05, 3.63) is 41.4 Å². The van der Waals surface area contributed by atoms with Gasteiger partial charge in [-0.15, -0.1) is 0 Å². The first-order valence-corrected chi connectivity index (χ1v) is 5.15. The van der Waals surface area contributed by atoms with E-state index in [4.69, 9.17) is 5.53 Å². The monoisotopic (exact) mass is 231 g/mol. The van der Waals surface area contributed by atoms with Gasteiger partial charge >= 0.3 is 6.21 Å². The highest BCUT2D eigenvalue weighted by Gasteiger charge is 2.20. The number of hydrogen-bond acceptors (Lipinski definition) is 2. The van der Waals surface area contributed by atoms with Crippen molar-refractivity contribution < 1.29 is 14.4 Å². The summed E-state index contributed by atoms with van der Waals surface area (Å²) in [5.74, 6) is -0.739. The van der Waals surface area contributed by atoms with Crippen molar-refractivity contribution in [2.24, 2.45) is 0 Å².